The van der Waals surface area contributed by atoms with Gasteiger partial charge in [-0.05, 0) is 30.0 Å². The van der Waals surface area contributed by atoms with Crippen LogP contribution < -0.4 is 15.4 Å². The summed E-state index contributed by atoms with van der Waals surface area (Å²) in [5.41, 5.74) is 2.10. The number of nitrogens with zero attached hydrogens (tertiary/aromatic N) is 2. The molecule has 3 N–H and O–H groups in total. The number of ether oxygens (including phenoxy) is 1. The highest BCUT2D eigenvalue weighted by atomic mass is 16.5. The predicted octanol–water partition coefficient (Wildman–Crippen LogP) is 2.20. The first kappa shape index (κ1) is 22.5. The third kappa shape index (κ3) is 6.64. The molecule has 0 bridgehead atoms. The topological polar surface area (TPSA) is 86.2 Å². The average molecular weight is 425 g/mol. The normalized spacial score (nSPS) is 16.5. The Balaban J connectivity index is 1.39. The Morgan fingerprint density at radius 3 is 2.71 bits per heavy atom. The molecule has 1 aliphatic heterocycles. The summed E-state index contributed by atoms with van der Waals surface area (Å²) in [7, 11) is 3.30. The number of carbonyl (C=O) groups excluding carboxylic acids is 1. The quantitative estimate of drug-likeness (QED) is 0.424. The lowest BCUT2D eigenvalue weighted by atomic mass is 10.1. The summed E-state index contributed by atoms with van der Waals surface area (Å²) in [5, 5.41) is 16.7. The van der Waals surface area contributed by atoms with Crippen LogP contribution in [0.1, 0.15) is 17.5 Å². The van der Waals surface area contributed by atoms with Gasteiger partial charge in [0.25, 0.3) is 0 Å². The van der Waals surface area contributed by atoms with Gasteiger partial charge in [-0.15, -0.1) is 0 Å². The Bertz CT molecular complexity index is 886. The molecule has 1 atom stereocenters. The summed E-state index contributed by atoms with van der Waals surface area (Å²) >= 11 is 0. The van der Waals surface area contributed by atoms with Crippen molar-refractivity contribution in [1.82, 2.24) is 15.5 Å². The smallest absolute Gasteiger partial charge is 0.223 e. The lowest BCUT2D eigenvalue weighted by Crippen LogP contribution is -2.41. The van der Waals surface area contributed by atoms with E-state index in [1.807, 2.05) is 35.2 Å². The van der Waals surface area contributed by atoms with E-state index in [0.717, 1.165) is 25.1 Å². The second kappa shape index (κ2) is 11.2. The number of methoxy groups -OCH3 is 1. The number of amides is 1. The van der Waals surface area contributed by atoms with E-state index in [9.17, 15) is 9.90 Å². The molecule has 1 heterocycles. The van der Waals surface area contributed by atoms with Crippen LogP contribution in [0.2, 0.25) is 0 Å². The van der Waals surface area contributed by atoms with E-state index in [1.54, 1.807) is 20.2 Å². The average Bonchev–Trinajstić information content (AvgIpc) is 3.15. The van der Waals surface area contributed by atoms with Gasteiger partial charge in [0.2, 0.25) is 5.91 Å². The first-order valence-corrected chi connectivity index (χ1v) is 10.7. The van der Waals surface area contributed by atoms with Gasteiger partial charge in [0.05, 0.1) is 7.11 Å². The Kier molecular flexibility index (Phi) is 8.15. The van der Waals surface area contributed by atoms with Crippen LogP contribution in [-0.4, -0.2) is 62.2 Å². The maximum Gasteiger partial charge on any atom is 0.223 e. The fourth-order valence-electron chi connectivity index (χ4n) is 3.77. The standard InChI is InChI=1S/C24H32N4O3/c1-25-24(26-12-10-20-8-9-21(31-2)15-22(20)29)27-16-19-14-23(30)28(17-19)13-11-18-6-4-3-5-7-18/h3-9,15,19,29H,10-14,16-17H2,1-2H3,(H2,25,26,27). The number of aromatic hydroxyl groups is 1. The third-order valence-electron chi connectivity index (χ3n) is 5.57. The highest BCUT2D eigenvalue weighted by molar-refractivity contribution is 5.80. The molecular formula is C24H32N4O3. The first-order valence-electron chi connectivity index (χ1n) is 10.7. The molecular weight excluding hydrogens is 392 g/mol. The van der Waals surface area contributed by atoms with Gasteiger partial charge in [0.1, 0.15) is 11.5 Å². The number of nitrogens with one attached hydrogen (secondary N) is 2. The maximum absolute atomic E-state index is 12.3. The summed E-state index contributed by atoms with van der Waals surface area (Å²) in [5.74, 6) is 2.05. The molecule has 1 unspecified atom stereocenters. The lowest BCUT2D eigenvalue weighted by molar-refractivity contribution is -0.127. The molecule has 166 valence electrons. The van der Waals surface area contributed by atoms with Crippen LogP contribution in [0.25, 0.3) is 0 Å². The Hall–Kier alpha value is -3.22. The minimum Gasteiger partial charge on any atom is -0.508 e. The number of guanidine groups is 1. The Labute approximate surface area is 184 Å². The summed E-state index contributed by atoms with van der Waals surface area (Å²) in [6, 6.07) is 15.6. The third-order valence-corrected chi connectivity index (χ3v) is 5.57. The molecule has 1 fully saturated rings. The molecule has 2 aromatic carbocycles. The molecule has 0 radical (unpaired) electrons. The summed E-state index contributed by atoms with van der Waals surface area (Å²) in [6.45, 7) is 2.86. The molecule has 31 heavy (non-hydrogen) atoms. The summed E-state index contributed by atoms with van der Waals surface area (Å²) in [4.78, 5) is 18.6. The van der Waals surface area contributed by atoms with Gasteiger partial charge in [-0.25, -0.2) is 0 Å². The number of carbonyl (C=O) groups is 1. The summed E-state index contributed by atoms with van der Waals surface area (Å²) in [6.07, 6.45) is 2.11. The Morgan fingerprint density at radius 1 is 1.19 bits per heavy atom. The van der Waals surface area contributed by atoms with Crippen LogP contribution in [0.5, 0.6) is 11.5 Å². The van der Waals surface area contributed by atoms with Crippen molar-refractivity contribution >= 4 is 11.9 Å². The fraction of sp³-hybridized carbons (Fsp3) is 0.417. The second-order valence-corrected chi connectivity index (χ2v) is 7.77. The Morgan fingerprint density at radius 2 is 2.00 bits per heavy atom. The number of benzene rings is 2. The van der Waals surface area contributed by atoms with Crippen LogP contribution in [0.3, 0.4) is 0 Å². The van der Waals surface area contributed by atoms with Gasteiger partial charge in [-0.3, -0.25) is 9.79 Å². The van der Waals surface area contributed by atoms with Crippen LogP contribution in [0, 0.1) is 5.92 Å². The van der Waals surface area contributed by atoms with Crippen molar-refractivity contribution in [2.75, 3.05) is 40.3 Å². The highest BCUT2D eigenvalue weighted by Gasteiger charge is 2.29. The molecule has 7 nitrogen and oxygen atoms in total. The molecule has 1 aliphatic rings. The van der Waals surface area contributed by atoms with Crippen molar-refractivity contribution in [2.45, 2.75) is 19.3 Å². The minimum atomic E-state index is 0.223. The van der Waals surface area contributed by atoms with Gasteiger partial charge in [0, 0.05) is 51.6 Å². The molecule has 2 aromatic rings. The van der Waals surface area contributed by atoms with Gasteiger partial charge in [-0.2, -0.15) is 0 Å². The van der Waals surface area contributed by atoms with Crippen LogP contribution >= 0.6 is 0 Å². The molecule has 7 heteroatoms. The van der Waals surface area contributed by atoms with E-state index in [4.69, 9.17) is 4.74 Å². The van der Waals surface area contributed by atoms with Gasteiger partial charge >= 0.3 is 0 Å². The number of aliphatic imine (C=N–C) groups is 1. The van der Waals surface area contributed by atoms with Gasteiger partial charge in [0.15, 0.2) is 5.96 Å². The van der Waals surface area contributed by atoms with Crippen molar-refractivity contribution in [2.24, 2.45) is 10.9 Å². The largest absolute Gasteiger partial charge is 0.508 e. The van der Waals surface area contributed by atoms with E-state index in [2.05, 4.69) is 27.8 Å². The number of hydrogen-bond acceptors (Lipinski definition) is 4. The number of rotatable bonds is 9. The van der Waals surface area contributed by atoms with E-state index in [-0.39, 0.29) is 17.6 Å². The SMILES string of the molecule is CN=C(NCCc1ccc(OC)cc1O)NCC1CC(=O)N(CCc2ccccc2)C1. The zero-order valence-electron chi connectivity index (χ0n) is 18.3. The molecule has 1 saturated heterocycles. The van der Waals surface area contributed by atoms with Crippen LogP contribution in [0.4, 0.5) is 0 Å². The molecule has 0 saturated carbocycles. The highest BCUT2D eigenvalue weighted by Crippen LogP contribution is 2.23. The number of hydrogen-bond donors (Lipinski definition) is 3. The molecule has 0 spiro atoms. The van der Waals surface area contributed by atoms with Crippen LogP contribution in [0.15, 0.2) is 53.5 Å². The van der Waals surface area contributed by atoms with Crippen molar-refractivity contribution in [3.63, 3.8) is 0 Å². The number of phenols is 1. The van der Waals surface area contributed by atoms with Gasteiger partial charge < -0.3 is 25.4 Å². The minimum absolute atomic E-state index is 0.223. The monoisotopic (exact) mass is 424 g/mol. The van der Waals surface area contributed by atoms with Crippen LogP contribution in [-0.2, 0) is 17.6 Å². The van der Waals surface area contributed by atoms with E-state index in [1.165, 1.54) is 5.56 Å². The van der Waals surface area contributed by atoms with Crippen molar-refractivity contribution in [3.05, 3.63) is 59.7 Å². The lowest BCUT2D eigenvalue weighted by Gasteiger charge is -2.18. The van der Waals surface area contributed by atoms with E-state index < -0.39 is 0 Å². The van der Waals surface area contributed by atoms with E-state index >= 15 is 0 Å². The second-order valence-electron chi connectivity index (χ2n) is 7.77. The maximum atomic E-state index is 12.3. The van der Waals surface area contributed by atoms with Crippen molar-refractivity contribution in [1.29, 1.82) is 0 Å². The number of phenolic OH excluding ortho intramolecular Hbond substituents is 1. The molecule has 0 aliphatic carbocycles. The zero-order valence-corrected chi connectivity index (χ0v) is 18.3. The molecule has 3 rings (SSSR count). The van der Waals surface area contributed by atoms with Gasteiger partial charge in [-0.1, -0.05) is 36.4 Å². The fourth-order valence-corrected chi connectivity index (χ4v) is 3.77. The first-order chi connectivity index (χ1) is 15.1. The zero-order chi connectivity index (χ0) is 22.1. The summed E-state index contributed by atoms with van der Waals surface area (Å²) < 4.78 is 5.11. The molecule has 0 aromatic heterocycles. The molecule has 1 amide bonds. The van der Waals surface area contributed by atoms with Crippen molar-refractivity contribution < 1.29 is 14.6 Å². The predicted molar refractivity (Wildman–Crippen MR) is 123 cm³/mol. The van der Waals surface area contributed by atoms with Crippen molar-refractivity contribution in [3.8, 4) is 11.5 Å². The number of likely N-dealkylation sites (tertiary alicyclic amines) is 1. The van der Waals surface area contributed by atoms with E-state index in [0.29, 0.717) is 37.6 Å².